The summed E-state index contributed by atoms with van der Waals surface area (Å²) in [4.78, 5) is 40.1. The summed E-state index contributed by atoms with van der Waals surface area (Å²) in [6.45, 7) is 1.36. The summed E-state index contributed by atoms with van der Waals surface area (Å²) in [5, 5.41) is 13.1. The number of rotatable bonds is 16. The van der Waals surface area contributed by atoms with Gasteiger partial charge in [-0.3, -0.25) is 9.59 Å². The van der Waals surface area contributed by atoms with Crippen LogP contribution in [0.2, 0.25) is 0 Å². The van der Waals surface area contributed by atoms with E-state index in [9.17, 15) is 19.5 Å². The van der Waals surface area contributed by atoms with Crippen LogP contribution in [0, 0.1) is 0 Å². The van der Waals surface area contributed by atoms with Crippen LogP contribution in [-0.4, -0.2) is 46.9 Å². The van der Waals surface area contributed by atoms with Gasteiger partial charge in [-0.25, -0.2) is 4.79 Å². The van der Waals surface area contributed by atoms with Crippen molar-refractivity contribution in [3.8, 4) is 5.75 Å². The van der Waals surface area contributed by atoms with E-state index in [4.69, 9.17) is 9.15 Å². The van der Waals surface area contributed by atoms with Crippen molar-refractivity contribution < 1.29 is 28.6 Å². The Balaban J connectivity index is 1.15. The number of nitrogens with one attached hydrogen (secondary N) is 1. The number of amides is 1. The van der Waals surface area contributed by atoms with Gasteiger partial charge in [0.15, 0.2) is 5.78 Å². The van der Waals surface area contributed by atoms with E-state index in [1.807, 2.05) is 48.5 Å². The largest absolute Gasteiger partial charge is 0.494 e. The third-order valence-electron chi connectivity index (χ3n) is 7.50. The van der Waals surface area contributed by atoms with E-state index in [0.717, 1.165) is 11.1 Å². The molecule has 5 rings (SSSR count). The molecule has 2 N–H and O–H groups in total. The minimum atomic E-state index is -1.03. The Morgan fingerprint density at radius 1 is 0.809 bits per heavy atom. The number of ether oxygens (including phenoxy) is 1. The van der Waals surface area contributed by atoms with Gasteiger partial charge in [0.05, 0.1) is 12.9 Å². The molecule has 0 aliphatic rings. The number of anilines is 1. The van der Waals surface area contributed by atoms with E-state index in [1.165, 1.54) is 6.08 Å². The number of carbonyl (C=O) groups is 3. The summed E-state index contributed by atoms with van der Waals surface area (Å²) in [6, 6.07) is 35.5. The predicted octanol–water partition coefficient (Wildman–Crippen LogP) is 7.13. The molecule has 4 aromatic carbocycles. The number of benzene rings is 4. The number of nitrogens with zero attached hydrogens (tertiary/aromatic N) is 1. The minimum Gasteiger partial charge on any atom is -0.494 e. The first-order chi connectivity index (χ1) is 23.0. The van der Waals surface area contributed by atoms with E-state index in [1.54, 1.807) is 90.0 Å². The van der Waals surface area contributed by atoms with Crippen molar-refractivity contribution in [1.29, 1.82) is 0 Å². The molecule has 1 atom stereocenters. The molecule has 0 aliphatic carbocycles. The van der Waals surface area contributed by atoms with E-state index in [-0.39, 0.29) is 18.1 Å². The minimum absolute atomic E-state index is 0.122. The lowest BCUT2D eigenvalue weighted by Gasteiger charge is -2.21. The molecule has 0 saturated heterocycles. The Morgan fingerprint density at radius 3 is 2.21 bits per heavy atom. The summed E-state index contributed by atoms with van der Waals surface area (Å²) < 4.78 is 11.3. The second-order valence-corrected chi connectivity index (χ2v) is 10.9. The highest BCUT2D eigenvalue weighted by atomic mass is 16.5. The van der Waals surface area contributed by atoms with Crippen LogP contribution in [-0.2, 0) is 22.6 Å². The lowest BCUT2D eigenvalue weighted by atomic mass is 10.00. The van der Waals surface area contributed by atoms with Crippen molar-refractivity contribution in [3.63, 3.8) is 0 Å². The lowest BCUT2D eigenvalue weighted by Crippen LogP contribution is -2.32. The third-order valence-corrected chi connectivity index (χ3v) is 7.50. The first-order valence-electron chi connectivity index (χ1n) is 15.4. The molecular weight excluding hydrogens is 592 g/mol. The Hall–Kier alpha value is -5.89. The van der Waals surface area contributed by atoms with Crippen LogP contribution in [0.5, 0.6) is 5.75 Å². The number of carbonyl (C=O) groups excluding carboxylic acids is 2. The van der Waals surface area contributed by atoms with Crippen molar-refractivity contribution in [2.45, 2.75) is 25.4 Å². The monoisotopic (exact) mass is 628 g/mol. The van der Waals surface area contributed by atoms with Gasteiger partial charge in [0.25, 0.3) is 0 Å². The van der Waals surface area contributed by atoms with Crippen LogP contribution in [0.15, 0.2) is 138 Å². The molecule has 0 spiro atoms. The van der Waals surface area contributed by atoms with Gasteiger partial charge in [-0.05, 0) is 60.0 Å². The molecule has 47 heavy (non-hydrogen) atoms. The van der Waals surface area contributed by atoms with Gasteiger partial charge in [-0.15, -0.1) is 0 Å². The van der Waals surface area contributed by atoms with Crippen LogP contribution in [0.1, 0.15) is 39.2 Å². The number of hydrogen-bond acceptors (Lipinski definition) is 6. The van der Waals surface area contributed by atoms with E-state index in [0.29, 0.717) is 54.4 Å². The topological polar surface area (TPSA) is 109 Å². The molecule has 0 fully saturated rings. The maximum absolute atomic E-state index is 13.1. The van der Waals surface area contributed by atoms with Crippen LogP contribution in [0.3, 0.4) is 0 Å². The highest BCUT2D eigenvalue weighted by Crippen LogP contribution is 2.22. The average Bonchev–Trinajstić information content (AvgIpc) is 3.63. The van der Waals surface area contributed by atoms with E-state index >= 15 is 0 Å². The standard InChI is InChI=1S/C39H36N2O6/c42-37(23-22-32-15-9-25-46-32)41(28-30-11-3-1-4-12-30)24-10-26-47-33-20-18-29(19-21-33)27-36(39(44)45)40-35-17-8-7-16-34(35)38(43)31-13-5-2-6-14-31/h1-9,11-23,25,36,40H,10,24,26-28H2,(H,44,45)/t36-/m0/s1. The van der Waals surface area contributed by atoms with Gasteiger partial charge in [0.2, 0.25) is 5.91 Å². The molecule has 8 heteroatoms. The number of para-hydroxylation sites is 1. The quantitative estimate of drug-likeness (QED) is 0.0680. The van der Waals surface area contributed by atoms with Crippen LogP contribution < -0.4 is 10.1 Å². The summed E-state index contributed by atoms with van der Waals surface area (Å²) in [5.41, 5.74) is 3.23. The lowest BCUT2D eigenvalue weighted by molar-refractivity contribution is -0.137. The van der Waals surface area contributed by atoms with E-state index < -0.39 is 12.0 Å². The van der Waals surface area contributed by atoms with Gasteiger partial charge in [-0.1, -0.05) is 84.9 Å². The number of furan rings is 1. The Morgan fingerprint density at radius 2 is 1.51 bits per heavy atom. The summed E-state index contributed by atoms with van der Waals surface area (Å²) in [5.74, 6) is -0.0781. The molecule has 238 valence electrons. The molecule has 0 bridgehead atoms. The zero-order valence-electron chi connectivity index (χ0n) is 25.8. The fourth-order valence-electron chi connectivity index (χ4n) is 5.06. The van der Waals surface area contributed by atoms with Crippen molar-refractivity contribution in [1.82, 2.24) is 4.90 Å². The van der Waals surface area contributed by atoms with Gasteiger partial charge >= 0.3 is 5.97 Å². The first kappa shape index (κ1) is 32.5. The second-order valence-electron chi connectivity index (χ2n) is 10.9. The molecule has 1 aromatic heterocycles. The normalized spacial score (nSPS) is 11.6. The zero-order valence-corrected chi connectivity index (χ0v) is 25.8. The highest BCUT2D eigenvalue weighted by Gasteiger charge is 2.21. The molecule has 0 radical (unpaired) electrons. The van der Waals surface area contributed by atoms with Crippen molar-refractivity contribution >= 4 is 29.4 Å². The summed E-state index contributed by atoms with van der Waals surface area (Å²) >= 11 is 0. The van der Waals surface area contributed by atoms with Crippen molar-refractivity contribution in [2.75, 3.05) is 18.5 Å². The van der Waals surface area contributed by atoms with Gasteiger partial charge in [0.1, 0.15) is 17.6 Å². The van der Waals surface area contributed by atoms with Gasteiger partial charge in [-0.2, -0.15) is 0 Å². The Kier molecular flexibility index (Phi) is 11.4. The summed E-state index contributed by atoms with van der Waals surface area (Å²) in [7, 11) is 0. The van der Waals surface area contributed by atoms with Gasteiger partial charge in [0, 0.05) is 42.4 Å². The molecular formula is C39H36N2O6. The smallest absolute Gasteiger partial charge is 0.326 e. The second kappa shape index (κ2) is 16.4. The molecule has 0 unspecified atom stereocenters. The number of aliphatic carboxylic acids is 1. The summed E-state index contributed by atoms with van der Waals surface area (Å²) in [6.07, 6.45) is 5.55. The highest BCUT2D eigenvalue weighted by molar-refractivity contribution is 6.12. The number of ketones is 1. The number of carboxylic acid groups (broad SMARTS) is 1. The zero-order chi connectivity index (χ0) is 32.8. The predicted molar refractivity (Wildman–Crippen MR) is 181 cm³/mol. The molecule has 1 heterocycles. The number of carboxylic acids is 1. The molecule has 8 nitrogen and oxygen atoms in total. The van der Waals surface area contributed by atoms with E-state index in [2.05, 4.69) is 5.32 Å². The fourth-order valence-corrected chi connectivity index (χ4v) is 5.06. The third kappa shape index (κ3) is 9.55. The van der Waals surface area contributed by atoms with Crippen LogP contribution >= 0.6 is 0 Å². The molecule has 0 saturated carbocycles. The molecule has 0 aliphatic heterocycles. The number of hydrogen-bond donors (Lipinski definition) is 2. The van der Waals surface area contributed by atoms with Crippen LogP contribution in [0.25, 0.3) is 6.08 Å². The maximum atomic E-state index is 13.1. The SMILES string of the molecule is O=C(c1ccccc1)c1ccccc1N[C@@H](Cc1ccc(OCCCN(Cc2ccccc2)C(=O)C=Cc2ccco2)cc1)C(=O)O. The molecule has 1 amide bonds. The average molecular weight is 629 g/mol. The van der Waals surface area contributed by atoms with Crippen LogP contribution in [0.4, 0.5) is 5.69 Å². The van der Waals surface area contributed by atoms with Crippen molar-refractivity contribution in [2.24, 2.45) is 0 Å². The Labute approximate surface area is 273 Å². The van der Waals surface area contributed by atoms with Gasteiger partial charge < -0.3 is 24.5 Å². The Bertz CT molecular complexity index is 1770. The molecule has 5 aromatic rings. The first-order valence-corrected chi connectivity index (χ1v) is 15.4. The van der Waals surface area contributed by atoms with Crippen molar-refractivity contribution in [3.05, 3.63) is 162 Å². The maximum Gasteiger partial charge on any atom is 0.326 e. The fraction of sp³-hybridized carbons (Fsp3) is 0.154.